The van der Waals surface area contributed by atoms with E-state index in [0.717, 1.165) is 17.7 Å². The van der Waals surface area contributed by atoms with Gasteiger partial charge in [-0.15, -0.1) is 10.2 Å². The van der Waals surface area contributed by atoms with Crippen LogP contribution in [-0.4, -0.2) is 23.2 Å². The Hall–Kier alpha value is -3.15. The molecule has 1 fully saturated rings. The molecule has 2 atom stereocenters. The van der Waals surface area contributed by atoms with Crippen LogP contribution in [0.1, 0.15) is 23.8 Å². The minimum absolute atomic E-state index is 0.0261. The zero-order valence-corrected chi connectivity index (χ0v) is 14.4. The van der Waals surface area contributed by atoms with Gasteiger partial charge >= 0.3 is 0 Å². The molecule has 0 radical (unpaired) electrons. The molecule has 0 saturated heterocycles. The molecule has 6 nitrogen and oxygen atoms in total. The molecular weight excluding hydrogens is 330 g/mol. The number of benzene rings is 2. The molecule has 6 heteroatoms. The van der Waals surface area contributed by atoms with Gasteiger partial charge in [-0.2, -0.15) is 0 Å². The van der Waals surface area contributed by atoms with E-state index in [2.05, 4.69) is 27.6 Å². The van der Waals surface area contributed by atoms with Gasteiger partial charge in [0.2, 0.25) is 17.7 Å². The van der Waals surface area contributed by atoms with Crippen molar-refractivity contribution in [2.45, 2.75) is 18.9 Å². The zero-order valence-electron chi connectivity index (χ0n) is 14.4. The van der Waals surface area contributed by atoms with Crippen molar-refractivity contribution in [3.8, 4) is 17.2 Å². The smallest absolute Gasteiger partial charge is 0.247 e. The first-order valence-corrected chi connectivity index (χ1v) is 8.54. The van der Waals surface area contributed by atoms with E-state index in [-0.39, 0.29) is 18.4 Å². The van der Waals surface area contributed by atoms with Gasteiger partial charge in [0.15, 0.2) is 0 Å². The van der Waals surface area contributed by atoms with E-state index in [1.807, 2.05) is 42.5 Å². The third-order valence-corrected chi connectivity index (χ3v) is 4.55. The number of nitrogens with one attached hydrogen (secondary N) is 1. The summed E-state index contributed by atoms with van der Waals surface area (Å²) >= 11 is 0. The van der Waals surface area contributed by atoms with Crippen LogP contribution in [0.2, 0.25) is 0 Å². The summed E-state index contributed by atoms with van der Waals surface area (Å²) in [6, 6.07) is 17.5. The van der Waals surface area contributed by atoms with Crippen LogP contribution in [0.3, 0.4) is 0 Å². The largest absolute Gasteiger partial charge is 0.497 e. The molecule has 4 rings (SSSR count). The second kappa shape index (κ2) is 7.00. The topological polar surface area (TPSA) is 77.3 Å². The molecule has 26 heavy (non-hydrogen) atoms. The Morgan fingerprint density at radius 3 is 2.85 bits per heavy atom. The summed E-state index contributed by atoms with van der Waals surface area (Å²) in [5.74, 6) is 1.87. The minimum Gasteiger partial charge on any atom is -0.497 e. The first-order chi connectivity index (χ1) is 12.7. The number of nitrogens with zero attached hydrogens (tertiary/aromatic N) is 2. The molecule has 132 valence electrons. The number of methoxy groups -OCH3 is 1. The van der Waals surface area contributed by atoms with Crippen molar-refractivity contribution in [1.82, 2.24) is 15.5 Å². The summed E-state index contributed by atoms with van der Waals surface area (Å²) in [4.78, 5) is 12.3. The number of hydrogen-bond acceptors (Lipinski definition) is 5. The Kier molecular flexibility index (Phi) is 4.39. The van der Waals surface area contributed by atoms with Crippen LogP contribution < -0.4 is 10.1 Å². The third-order valence-electron chi connectivity index (χ3n) is 4.55. The first-order valence-electron chi connectivity index (χ1n) is 8.54. The van der Waals surface area contributed by atoms with Crippen LogP contribution in [0.25, 0.3) is 11.5 Å². The predicted molar refractivity (Wildman–Crippen MR) is 95.4 cm³/mol. The van der Waals surface area contributed by atoms with Crippen LogP contribution in [0.5, 0.6) is 5.75 Å². The van der Waals surface area contributed by atoms with E-state index < -0.39 is 0 Å². The van der Waals surface area contributed by atoms with E-state index >= 15 is 0 Å². The molecule has 1 saturated carbocycles. The molecule has 0 aliphatic heterocycles. The number of hydrogen-bond donors (Lipinski definition) is 1. The molecule has 1 amide bonds. The van der Waals surface area contributed by atoms with Crippen molar-refractivity contribution >= 4 is 5.91 Å². The third kappa shape index (κ3) is 3.44. The maximum atomic E-state index is 12.3. The fraction of sp³-hybridized carbons (Fsp3) is 0.250. The lowest BCUT2D eigenvalue weighted by Crippen LogP contribution is -2.25. The molecule has 2 aromatic carbocycles. The van der Waals surface area contributed by atoms with Crippen LogP contribution in [0.4, 0.5) is 0 Å². The Morgan fingerprint density at radius 1 is 1.19 bits per heavy atom. The number of carbonyl (C=O) groups is 1. The number of aromatic nitrogens is 2. The van der Waals surface area contributed by atoms with Crippen LogP contribution in [-0.2, 0) is 11.3 Å². The highest BCUT2D eigenvalue weighted by atomic mass is 16.5. The molecule has 0 spiro atoms. The average Bonchev–Trinajstić information content (AvgIpc) is 3.37. The normalized spacial score (nSPS) is 18.3. The lowest BCUT2D eigenvalue weighted by Gasteiger charge is -2.02. The van der Waals surface area contributed by atoms with E-state index in [0.29, 0.717) is 17.7 Å². The van der Waals surface area contributed by atoms with Gasteiger partial charge in [-0.05, 0) is 36.1 Å². The van der Waals surface area contributed by atoms with Gasteiger partial charge in [-0.3, -0.25) is 4.79 Å². The second-order valence-corrected chi connectivity index (χ2v) is 6.31. The highest BCUT2D eigenvalue weighted by Gasteiger charge is 2.43. The maximum Gasteiger partial charge on any atom is 0.247 e. The number of ether oxygens (including phenoxy) is 1. The van der Waals surface area contributed by atoms with Crippen molar-refractivity contribution in [3.05, 3.63) is 66.1 Å². The van der Waals surface area contributed by atoms with E-state index in [9.17, 15) is 4.79 Å². The van der Waals surface area contributed by atoms with Crippen LogP contribution in [0, 0.1) is 5.92 Å². The average molecular weight is 349 g/mol. The van der Waals surface area contributed by atoms with Gasteiger partial charge in [0.05, 0.1) is 13.7 Å². The fourth-order valence-corrected chi connectivity index (χ4v) is 3.05. The number of amides is 1. The summed E-state index contributed by atoms with van der Waals surface area (Å²) in [6.45, 7) is 0.230. The monoisotopic (exact) mass is 349 g/mol. The summed E-state index contributed by atoms with van der Waals surface area (Å²) in [6.07, 6.45) is 0.884. The Labute approximate surface area is 151 Å². The lowest BCUT2D eigenvalue weighted by molar-refractivity contribution is -0.122. The van der Waals surface area contributed by atoms with Crippen molar-refractivity contribution < 1.29 is 13.9 Å². The standard InChI is InChI=1S/C20H19N3O3/c1-25-15-9-5-8-14(10-15)20-23-22-18(26-20)12-21-19(24)17-11-16(17)13-6-3-2-4-7-13/h2-10,16-17H,11-12H2,1H3,(H,21,24). The van der Waals surface area contributed by atoms with Crippen LogP contribution >= 0.6 is 0 Å². The molecule has 1 aromatic heterocycles. The molecule has 1 aliphatic rings. The Balaban J connectivity index is 1.34. The summed E-state index contributed by atoms with van der Waals surface area (Å²) in [5, 5.41) is 10.9. The molecule has 3 aromatic rings. The van der Waals surface area contributed by atoms with Gasteiger partial charge in [0.25, 0.3) is 0 Å². The molecule has 2 unspecified atom stereocenters. The Morgan fingerprint density at radius 2 is 2.04 bits per heavy atom. The summed E-state index contributed by atoms with van der Waals surface area (Å²) in [7, 11) is 1.61. The van der Waals surface area contributed by atoms with E-state index in [1.165, 1.54) is 5.56 Å². The summed E-state index contributed by atoms with van der Waals surface area (Å²) in [5.41, 5.74) is 1.99. The summed E-state index contributed by atoms with van der Waals surface area (Å²) < 4.78 is 10.8. The molecule has 1 N–H and O–H groups in total. The fourth-order valence-electron chi connectivity index (χ4n) is 3.05. The van der Waals surface area contributed by atoms with Gasteiger partial charge in [0, 0.05) is 11.5 Å². The zero-order chi connectivity index (χ0) is 17.9. The first kappa shape index (κ1) is 16.3. The molecule has 0 bridgehead atoms. The highest BCUT2D eigenvalue weighted by Crippen LogP contribution is 2.47. The maximum absolute atomic E-state index is 12.3. The van der Waals surface area contributed by atoms with Gasteiger partial charge < -0.3 is 14.5 Å². The van der Waals surface area contributed by atoms with Crippen LogP contribution in [0.15, 0.2) is 59.0 Å². The molecule has 1 aliphatic carbocycles. The van der Waals surface area contributed by atoms with Crippen molar-refractivity contribution in [3.63, 3.8) is 0 Å². The molecule has 1 heterocycles. The van der Waals surface area contributed by atoms with E-state index in [1.54, 1.807) is 7.11 Å². The van der Waals surface area contributed by atoms with E-state index in [4.69, 9.17) is 9.15 Å². The quantitative estimate of drug-likeness (QED) is 0.740. The van der Waals surface area contributed by atoms with Crippen molar-refractivity contribution in [2.24, 2.45) is 5.92 Å². The SMILES string of the molecule is COc1cccc(-c2nnc(CNC(=O)C3CC3c3ccccc3)o2)c1. The number of carbonyl (C=O) groups excluding carboxylic acids is 1. The Bertz CT molecular complexity index is 907. The van der Waals surface area contributed by atoms with Gasteiger partial charge in [-0.1, -0.05) is 36.4 Å². The second-order valence-electron chi connectivity index (χ2n) is 6.31. The lowest BCUT2D eigenvalue weighted by atomic mass is 10.1. The van der Waals surface area contributed by atoms with Crippen molar-refractivity contribution in [1.29, 1.82) is 0 Å². The highest BCUT2D eigenvalue weighted by molar-refractivity contribution is 5.82. The molecular formula is C20H19N3O3. The van der Waals surface area contributed by atoms with Crippen molar-refractivity contribution in [2.75, 3.05) is 7.11 Å². The minimum atomic E-state index is 0.0261. The predicted octanol–water partition coefficient (Wildman–Crippen LogP) is 3.17. The number of rotatable bonds is 6. The van der Waals surface area contributed by atoms with Gasteiger partial charge in [0.1, 0.15) is 5.75 Å². The van der Waals surface area contributed by atoms with Gasteiger partial charge in [-0.25, -0.2) is 0 Å².